The quantitative estimate of drug-likeness (QED) is 0.284. The fraction of sp³-hybridized carbons (Fsp3) is 0.560. The minimum Gasteiger partial charge on any atom is -0.366 e. The molecule has 11 nitrogen and oxygen atoms in total. The first kappa shape index (κ1) is 31.0. The van der Waals surface area contributed by atoms with Crippen LogP contribution in [-0.2, 0) is 21.4 Å². The fourth-order valence-electron chi connectivity index (χ4n) is 5.03. The third-order valence-electron chi connectivity index (χ3n) is 7.27. The molecule has 43 heavy (non-hydrogen) atoms. The number of sulfonamides is 1. The largest absolute Gasteiger partial charge is 0.408 e. The van der Waals surface area contributed by atoms with E-state index in [1.807, 2.05) is 0 Å². The van der Waals surface area contributed by atoms with Crippen LogP contribution in [0.1, 0.15) is 45.0 Å². The Bertz CT molecular complexity index is 1710. The van der Waals surface area contributed by atoms with Crippen LogP contribution in [0.3, 0.4) is 0 Å². The highest BCUT2D eigenvalue weighted by Crippen LogP contribution is 2.42. The third-order valence-corrected chi connectivity index (χ3v) is 9.72. The Balaban J connectivity index is 1.71. The first-order chi connectivity index (χ1) is 20.0. The van der Waals surface area contributed by atoms with Crippen molar-refractivity contribution < 1.29 is 35.2 Å². The topological polar surface area (TPSA) is 118 Å². The van der Waals surface area contributed by atoms with Gasteiger partial charge in [-0.05, 0) is 19.1 Å². The number of carbonyl (C=O) groups is 1. The number of amides is 1. The van der Waals surface area contributed by atoms with E-state index in [-0.39, 0.29) is 69.7 Å². The number of fused-ring (bicyclic) bond motifs is 1. The summed E-state index contributed by atoms with van der Waals surface area (Å²) in [5, 5.41) is 10.3. The van der Waals surface area contributed by atoms with Gasteiger partial charge in [-0.15, -0.1) is 14.9 Å². The Kier molecular flexibility index (Phi) is 7.88. The summed E-state index contributed by atoms with van der Waals surface area (Å²) >= 11 is 0.433. The zero-order chi connectivity index (χ0) is 31.5. The number of hydrogen-bond acceptors (Lipinski definition) is 8. The highest BCUT2D eigenvalue weighted by molar-refractivity contribution is 7.89. The van der Waals surface area contributed by atoms with E-state index in [9.17, 15) is 35.2 Å². The smallest absolute Gasteiger partial charge is 0.366 e. The number of anilines is 1. The molecule has 2 fully saturated rings. The molecule has 1 amide bonds. The zero-order valence-corrected chi connectivity index (χ0v) is 24.8. The SMILES string of the molecule is [C-]#[N+]C1(NS(=O)(=O)c2cc(N3CCN(C(=O)C(C)C)[C@@H](C)C3)c3c(c2)c(-c2nnc(C(F)F)s2)nn3CC(F)(F)F)CC1. The molecule has 3 aromatic rings. The van der Waals surface area contributed by atoms with Crippen LogP contribution >= 0.6 is 11.3 Å². The molecular weight excluding hydrogens is 619 g/mol. The van der Waals surface area contributed by atoms with Crippen molar-refractivity contribution in [1.29, 1.82) is 0 Å². The lowest BCUT2D eigenvalue weighted by Crippen LogP contribution is -2.55. The van der Waals surface area contributed by atoms with Crippen molar-refractivity contribution in [3.63, 3.8) is 0 Å². The summed E-state index contributed by atoms with van der Waals surface area (Å²) in [7, 11) is -4.37. The first-order valence-electron chi connectivity index (χ1n) is 13.3. The van der Waals surface area contributed by atoms with Crippen LogP contribution in [-0.4, -0.2) is 76.7 Å². The minimum atomic E-state index is -4.74. The minimum absolute atomic E-state index is 0.0694. The molecule has 1 aromatic carbocycles. The van der Waals surface area contributed by atoms with Crippen molar-refractivity contribution in [1.82, 2.24) is 29.6 Å². The number of alkyl halides is 5. The van der Waals surface area contributed by atoms with E-state index in [0.29, 0.717) is 28.9 Å². The normalized spacial score (nSPS) is 19.0. The van der Waals surface area contributed by atoms with Crippen molar-refractivity contribution >= 4 is 43.9 Å². The standard InChI is InChI=1S/C25H27F5N8O3S2/c1-13(2)23(39)37-8-7-36(11-14(37)3)17-10-15(43(40,41)35-24(31-4)5-6-24)9-16-18(21-32-33-22(42-21)20(26)27)34-38(19(16)17)12-25(28,29)30/h9-10,13-14,20,35H,5-8,11-12H2,1-3H3/t14-/m0/s1. The third kappa shape index (κ3) is 6.15. The molecule has 5 rings (SSSR count). The second kappa shape index (κ2) is 10.9. The highest BCUT2D eigenvalue weighted by atomic mass is 32.2. The molecule has 3 heterocycles. The van der Waals surface area contributed by atoms with E-state index in [4.69, 9.17) is 6.57 Å². The number of hydrogen-bond donors (Lipinski definition) is 1. The average Bonchev–Trinajstić information content (AvgIpc) is 3.34. The van der Waals surface area contributed by atoms with E-state index >= 15 is 0 Å². The van der Waals surface area contributed by atoms with Crippen LogP contribution in [0, 0.1) is 12.5 Å². The van der Waals surface area contributed by atoms with E-state index < -0.39 is 39.8 Å². The molecule has 232 valence electrons. The number of aromatic nitrogens is 4. The van der Waals surface area contributed by atoms with Crippen LogP contribution in [0.5, 0.6) is 0 Å². The highest BCUT2D eigenvalue weighted by Gasteiger charge is 2.54. The van der Waals surface area contributed by atoms with Crippen LogP contribution in [0.2, 0.25) is 0 Å². The second-order valence-corrected chi connectivity index (χ2v) is 13.6. The lowest BCUT2D eigenvalue weighted by Gasteiger charge is -2.42. The monoisotopic (exact) mass is 646 g/mol. The van der Waals surface area contributed by atoms with E-state index in [0.717, 1.165) is 6.07 Å². The summed E-state index contributed by atoms with van der Waals surface area (Å²) in [6, 6.07) is 1.96. The Morgan fingerprint density at radius 1 is 1.23 bits per heavy atom. The van der Waals surface area contributed by atoms with Crippen LogP contribution in [0.15, 0.2) is 17.0 Å². The second-order valence-electron chi connectivity index (χ2n) is 10.9. The maximum atomic E-state index is 13.8. The van der Waals surface area contributed by atoms with E-state index in [1.165, 1.54) is 6.07 Å². The molecule has 0 spiro atoms. The molecular formula is C25H27F5N8O3S2. The van der Waals surface area contributed by atoms with Crippen molar-refractivity contribution in [3.8, 4) is 10.7 Å². The molecule has 1 atom stereocenters. The molecule has 1 saturated carbocycles. The Morgan fingerprint density at radius 2 is 1.93 bits per heavy atom. The van der Waals surface area contributed by atoms with Gasteiger partial charge >= 0.3 is 6.18 Å². The number of piperazine rings is 1. The predicted octanol–water partition coefficient (Wildman–Crippen LogP) is 4.44. The summed E-state index contributed by atoms with van der Waals surface area (Å²) in [6.45, 7) is 11.7. The fourth-order valence-corrected chi connectivity index (χ4v) is 7.13. The maximum Gasteiger partial charge on any atom is 0.408 e. The average molecular weight is 647 g/mol. The summed E-state index contributed by atoms with van der Waals surface area (Å²) in [5.74, 6) is -0.375. The predicted molar refractivity (Wildman–Crippen MR) is 147 cm³/mol. The molecule has 2 aromatic heterocycles. The van der Waals surface area contributed by atoms with Gasteiger partial charge in [0.15, 0.2) is 10.0 Å². The van der Waals surface area contributed by atoms with Crippen LogP contribution < -0.4 is 9.62 Å². The lowest BCUT2D eigenvalue weighted by molar-refractivity contribution is -0.142. The van der Waals surface area contributed by atoms with Crippen molar-refractivity contribution in [2.24, 2.45) is 5.92 Å². The van der Waals surface area contributed by atoms with Gasteiger partial charge in [0.1, 0.15) is 12.2 Å². The Labute approximate surface area is 247 Å². The summed E-state index contributed by atoms with van der Waals surface area (Å²) in [6.07, 6.45) is -7.13. The van der Waals surface area contributed by atoms with Gasteiger partial charge in [-0.3, -0.25) is 14.3 Å². The lowest BCUT2D eigenvalue weighted by atomic mass is 10.1. The number of nitrogens with one attached hydrogen (secondary N) is 1. The summed E-state index contributed by atoms with van der Waals surface area (Å²) < 4.78 is 98.0. The van der Waals surface area contributed by atoms with Crippen molar-refractivity contribution in [2.45, 2.75) is 69.4 Å². The van der Waals surface area contributed by atoms with Gasteiger partial charge < -0.3 is 9.80 Å². The molecule has 0 bridgehead atoms. The molecule has 1 N–H and O–H groups in total. The number of rotatable bonds is 8. The Morgan fingerprint density at radius 3 is 2.47 bits per heavy atom. The van der Waals surface area contributed by atoms with Crippen molar-refractivity contribution in [3.05, 3.63) is 28.6 Å². The molecule has 18 heteroatoms. The first-order valence-corrected chi connectivity index (χ1v) is 15.6. The van der Waals surface area contributed by atoms with Gasteiger partial charge in [0.25, 0.3) is 12.1 Å². The van der Waals surface area contributed by atoms with Crippen LogP contribution in [0.4, 0.5) is 27.6 Å². The van der Waals surface area contributed by atoms with Gasteiger partial charge in [-0.1, -0.05) is 25.2 Å². The van der Waals surface area contributed by atoms with Gasteiger partial charge in [0.2, 0.25) is 15.9 Å². The summed E-state index contributed by atoms with van der Waals surface area (Å²) in [4.78, 5) is 19.1. The molecule has 2 aliphatic rings. The number of benzene rings is 1. The molecule has 0 radical (unpaired) electrons. The van der Waals surface area contributed by atoms with Gasteiger partial charge in [0.05, 0.1) is 28.9 Å². The number of nitrogens with zero attached hydrogens (tertiary/aromatic N) is 7. The Hall–Kier alpha value is -3.43. The molecule has 1 saturated heterocycles. The van der Waals surface area contributed by atoms with E-state index in [1.54, 1.807) is 30.6 Å². The number of carbonyl (C=O) groups excluding carboxylic acids is 1. The maximum absolute atomic E-state index is 13.8. The van der Waals surface area contributed by atoms with E-state index in [2.05, 4.69) is 24.9 Å². The molecule has 0 unspecified atom stereocenters. The van der Waals surface area contributed by atoms with Gasteiger partial charge in [0, 0.05) is 37.0 Å². The number of halogens is 5. The zero-order valence-electron chi connectivity index (χ0n) is 23.2. The van der Waals surface area contributed by atoms with Gasteiger partial charge in [-0.25, -0.2) is 23.8 Å². The van der Waals surface area contributed by atoms with Gasteiger partial charge in [-0.2, -0.15) is 18.3 Å². The van der Waals surface area contributed by atoms with Crippen molar-refractivity contribution in [2.75, 3.05) is 24.5 Å². The molecule has 1 aliphatic heterocycles. The van der Waals surface area contributed by atoms with Crippen LogP contribution in [0.25, 0.3) is 26.4 Å². The molecule has 1 aliphatic carbocycles. The summed E-state index contributed by atoms with van der Waals surface area (Å²) in [5.41, 5.74) is -1.53.